The molecule has 0 atom stereocenters. The molecular formula is C16H17N5O3S. The number of fused-ring (bicyclic) bond motifs is 1. The first-order valence-electron chi connectivity index (χ1n) is 7.84. The van der Waals surface area contributed by atoms with Crippen LogP contribution in [-0.2, 0) is 14.6 Å². The number of nitrogen functional groups attached to an aromatic ring is 1. The Labute approximate surface area is 144 Å². The number of benzene rings is 1. The maximum Gasteiger partial charge on any atom is 0.212 e. The van der Waals surface area contributed by atoms with Gasteiger partial charge in [0.15, 0.2) is 5.82 Å². The Bertz CT molecular complexity index is 1010. The molecule has 25 heavy (non-hydrogen) atoms. The normalized spacial score (nSPS) is 15.6. The number of aromatic amines is 1. The summed E-state index contributed by atoms with van der Waals surface area (Å²) >= 11 is 0. The lowest BCUT2D eigenvalue weighted by atomic mass is 10.3. The van der Waals surface area contributed by atoms with E-state index < -0.39 is 9.84 Å². The van der Waals surface area contributed by atoms with Crippen molar-refractivity contribution < 1.29 is 13.2 Å². The van der Waals surface area contributed by atoms with E-state index in [1.807, 2.05) is 4.90 Å². The largest absolute Gasteiger partial charge is 0.384 e. The van der Waals surface area contributed by atoms with Crippen molar-refractivity contribution in [1.29, 1.82) is 0 Å². The molecule has 1 fully saturated rings. The van der Waals surface area contributed by atoms with Crippen LogP contribution in [0.1, 0.15) is 0 Å². The summed E-state index contributed by atoms with van der Waals surface area (Å²) in [7, 11) is -3.79. The van der Waals surface area contributed by atoms with E-state index in [1.54, 1.807) is 18.2 Å². The van der Waals surface area contributed by atoms with Crippen molar-refractivity contribution in [3.8, 4) is 0 Å². The second-order valence-electron chi connectivity index (χ2n) is 5.70. The summed E-state index contributed by atoms with van der Waals surface area (Å²) in [5.41, 5.74) is 6.86. The van der Waals surface area contributed by atoms with Gasteiger partial charge in [-0.2, -0.15) is 0 Å². The second-order valence-corrected chi connectivity index (χ2v) is 7.59. The Morgan fingerprint density at radius 1 is 1.12 bits per heavy atom. The third-order valence-electron chi connectivity index (χ3n) is 4.18. The van der Waals surface area contributed by atoms with Crippen molar-refractivity contribution in [3.63, 3.8) is 0 Å². The van der Waals surface area contributed by atoms with Crippen molar-refractivity contribution >= 4 is 32.5 Å². The molecule has 3 aromatic rings. The number of H-pyrrole nitrogens is 1. The minimum absolute atomic E-state index is 0.00869. The predicted molar refractivity (Wildman–Crippen MR) is 93.2 cm³/mol. The first kappa shape index (κ1) is 15.9. The fourth-order valence-electron chi connectivity index (χ4n) is 2.99. The highest BCUT2D eigenvalue weighted by atomic mass is 32.2. The zero-order chi connectivity index (χ0) is 17.4. The van der Waals surface area contributed by atoms with Gasteiger partial charge < -0.3 is 20.4 Å². The third kappa shape index (κ3) is 2.61. The molecule has 1 aliphatic rings. The highest BCUT2D eigenvalue weighted by molar-refractivity contribution is 7.92. The van der Waals surface area contributed by atoms with Crippen LogP contribution in [0.25, 0.3) is 11.0 Å². The number of hydrogen-bond donors (Lipinski definition) is 2. The maximum atomic E-state index is 13.0. The van der Waals surface area contributed by atoms with Crippen molar-refractivity contribution in [2.45, 2.75) is 9.79 Å². The van der Waals surface area contributed by atoms with E-state index in [2.05, 4.69) is 15.0 Å². The van der Waals surface area contributed by atoms with E-state index in [0.29, 0.717) is 43.2 Å². The number of aromatic nitrogens is 3. The summed E-state index contributed by atoms with van der Waals surface area (Å²) < 4.78 is 31.4. The first-order chi connectivity index (χ1) is 12.1. The highest BCUT2D eigenvalue weighted by Gasteiger charge is 2.28. The number of rotatable bonds is 3. The van der Waals surface area contributed by atoms with Crippen molar-refractivity contribution in [3.05, 3.63) is 36.7 Å². The summed E-state index contributed by atoms with van der Waals surface area (Å²) in [6.07, 6.45) is 1.37. The average molecular weight is 359 g/mol. The number of nitrogens with zero attached hydrogens (tertiary/aromatic N) is 3. The summed E-state index contributed by atoms with van der Waals surface area (Å²) in [6, 6.07) is 8.18. The van der Waals surface area contributed by atoms with Crippen LogP contribution in [0.15, 0.2) is 46.5 Å². The predicted octanol–water partition coefficient (Wildman–Crippen LogP) is 1.21. The number of morpholine rings is 1. The summed E-state index contributed by atoms with van der Waals surface area (Å²) in [5.74, 6) is 0.698. The zero-order valence-electron chi connectivity index (χ0n) is 13.3. The van der Waals surface area contributed by atoms with Crippen LogP contribution in [0.5, 0.6) is 0 Å². The van der Waals surface area contributed by atoms with E-state index >= 15 is 0 Å². The van der Waals surface area contributed by atoms with Crippen LogP contribution >= 0.6 is 0 Å². The molecule has 1 saturated heterocycles. The molecule has 0 amide bonds. The van der Waals surface area contributed by atoms with Crippen molar-refractivity contribution in [2.75, 3.05) is 36.9 Å². The van der Waals surface area contributed by atoms with Crippen LogP contribution < -0.4 is 10.6 Å². The Kier molecular flexibility index (Phi) is 3.81. The molecule has 0 unspecified atom stereocenters. The fourth-order valence-corrected chi connectivity index (χ4v) is 4.49. The summed E-state index contributed by atoms with van der Waals surface area (Å²) in [4.78, 5) is 13.7. The molecule has 3 heterocycles. The number of anilines is 2. The summed E-state index contributed by atoms with van der Waals surface area (Å²) in [5, 5.41) is 0. The average Bonchev–Trinajstić information content (AvgIpc) is 2.99. The van der Waals surface area contributed by atoms with Crippen LogP contribution in [0, 0.1) is 0 Å². The van der Waals surface area contributed by atoms with Crippen molar-refractivity contribution in [2.24, 2.45) is 0 Å². The number of nitrogens with one attached hydrogen (secondary N) is 1. The number of ether oxygens (including phenoxy) is 1. The third-order valence-corrected chi connectivity index (χ3v) is 6.02. The summed E-state index contributed by atoms with van der Waals surface area (Å²) in [6.45, 7) is 2.53. The van der Waals surface area contributed by atoms with E-state index in [0.717, 1.165) is 0 Å². The van der Waals surface area contributed by atoms with Crippen LogP contribution in [0.2, 0.25) is 0 Å². The molecule has 0 radical (unpaired) electrons. The lowest BCUT2D eigenvalue weighted by molar-refractivity contribution is 0.122. The van der Waals surface area contributed by atoms with E-state index in [4.69, 9.17) is 10.5 Å². The van der Waals surface area contributed by atoms with Gasteiger partial charge in [-0.25, -0.2) is 18.4 Å². The van der Waals surface area contributed by atoms with Gasteiger partial charge in [-0.15, -0.1) is 0 Å². The van der Waals surface area contributed by atoms with Gasteiger partial charge in [0, 0.05) is 13.1 Å². The lowest BCUT2D eigenvalue weighted by Gasteiger charge is -2.27. The monoisotopic (exact) mass is 359 g/mol. The molecule has 0 spiro atoms. The molecule has 3 N–H and O–H groups in total. The SMILES string of the molecule is Nc1[nH]c2c(N3CCOCC3)ncnc2c1S(=O)(=O)c1ccccc1. The van der Waals surface area contributed by atoms with Gasteiger partial charge in [-0.05, 0) is 12.1 Å². The second kappa shape index (κ2) is 6.01. The topological polar surface area (TPSA) is 114 Å². The van der Waals surface area contributed by atoms with E-state index in [1.165, 1.54) is 18.5 Å². The maximum absolute atomic E-state index is 13.0. The molecule has 8 nitrogen and oxygen atoms in total. The Hall–Kier alpha value is -2.65. The number of hydrogen-bond acceptors (Lipinski definition) is 7. The minimum Gasteiger partial charge on any atom is -0.384 e. The van der Waals surface area contributed by atoms with E-state index in [9.17, 15) is 8.42 Å². The molecule has 4 rings (SSSR count). The number of sulfone groups is 1. The highest BCUT2D eigenvalue weighted by Crippen LogP contribution is 2.35. The van der Waals surface area contributed by atoms with Gasteiger partial charge in [0.25, 0.3) is 0 Å². The van der Waals surface area contributed by atoms with Gasteiger partial charge >= 0.3 is 0 Å². The number of nitrogens with two attached hydrogens (primary N) is 1. The van der Waals surface area contributed by atoms with Crippen molar-refractivity contribution in [1.82, 2.24) is 15.0 Å². The molecular weight excluding hydrogens is 342 g/mol. The van der Waals surface area contributed by atoms with Crippen LogP contribution in [0.3, 0.4) is 0 Å². The Morgan fingerprint density at radius 3 is 2.56 bits per heavy atom. The molecule has 1 aromatic carbocycles. The molecule has 9 heteroatoms. The Balaban J connectivity index is 1.90. The smallest absolute Gasteiger partial charge is 0.212 e. The molecule has 0 bridgehead atoms. The van der Waals surface area contributed by atoms with Crippen LogP contribution in [-0.4, -0.2) is 49.7 Å². The fraction of sp³-hybridized carbons (Fsp3) is 0.250. The van der Waals surface area contributed by atoms with E-state index in [-0.39, 0.29) is 15.6 Å². The van der Waals surface area contributed by atoms with Gasteiger partial charge in [-0.3, -0.25) is 0 Å². The zero-order valence-corrected chi connectivity index (χ0v) is 14.2. The quantitative estimate of drug-likeness (QED) is 0.722. The standard InChI is InChI=1S/C16H17N5O3S/c17-15-14(25(22,23)11-4-2-1-3-5-11)12-13(20-15)16(19-10-18-12)21-6-8-24-9-7-21/h1-5,10,20H,6-9,17H2. The molecule has 130 valence electrons. The van der Waals surface area contributed by atoms with Crippen LogP contribution in [0.4, 0.5) is 11.6 Å². The van der Waals surface area contributed by atoms with Gasteiger partial charge in [0.1, 0.15) is 28.1 Å². The van der Waals surface area contributed by atoms with Gasteiger partial charge in [-0.1, -0.05) is 18.2 Å². The molecule has 0 saturated carbocycles. The molecule has 2 aromatic heterocycles. The van der Waals surface area contributed by atoms with Gasteiger partial charge in [0.05, 0.1) is 18.1 Å². The molecule has 1 aliphatic heterocycles. The van der Waals surface area contributed by atoms with Gasteiger partial charge in [0.2, 0.25) is 9.84 Å². The Morgan fingerprint density at radius 2 is 1.84 bits per heavy atom. The minimum atomic E-state index is -3.79. The lowest BCUT2D eigenvalue weighted by Crippen LogP contribution is -2.36. The first-order valence-corrected chi connectivity index (χ1v) is 9.32. The molecule has 0 aliphatic carbocycles.